The van der Waals surface area contributed by atoms with E-state index in [1.807, 2.05) is 45.0 Å². The van der Waals surface area contributed by atoms with Crippen LogP contribution in [0.2, 0.25) is 0 Å². The number of Topliss-reactive ketones (excluding diaryl/α,β-unsaturated/α-hetero) is 1. The molecule has 42 heavy (non-hydrogen) atoms. The van der Waals surface area contributed by atoms with Crippen LogP contribution < -0.4 is 9.80 Å². The Morgan fingerprint density at radius 1 is 1.05 bits per heavy atom. The van der Waals surface area contributed by atoms with E-state index < -0.39 is 63.6 Å². The summed E-state index contributed by atoms with van der Waals surface area (Å²) in [6.45, 7) is 6.20. The number of ether oxygens (including phenoxy) is 1. The lowest BCUT2D eigenvalue weighted by molar-refractivity contribution is -0.168. The average Bonchev–Trinajstić information content (AvgIpc) is 3.34. The number of rotatable bonds is 5. The molecule has 3 aromatic rings. The summed E-state index contributed by atoms with van der Waals surface area (Å²) in [5.74, 6) is -3.62. The van der Waals surface area contributed by atoms with Gasteiger partial charge in [0.05, 0.1) is 12.1 Å². The summed E-state index contributed by atoms with van der Waals surface area (Å²) in [5.41, 5.74) is -3.17. The molecule has 1 saturated heterocycles. The molecule has 5 rings (SSSR count). The molecule has 4 atom stereocenters. The molecule has 10 heteroatoms. The summed E-state index contributed by atoms with van der Waals surface area (Å²) in [4.78, 5) is 41.1. The van der Waals surface area contributed by atoms with E-state index in [9.17, 15) is 32.7 Å². The number of carboxylic acid groups (broad SMARTS) is 1. The molecule has 222 valence electrons. The summed E-state index contributed by atoms with van der Waals surface area (Å²) < 4.78 is 47.9. The largest absolute Gasteiger partial charge is 0.475 e. The number of benzene rings is 3. The third-order valence-corrected chi connectivity index (χ3v) is 8.42. The summed E-state index contributed by atoms with van der Waals surface area (Å²) in [7, 11) is 0. The Morgan fingerprint density at radius 3 is 2.38 bits per heavy atom. The molecule has 0 bridgehead atoms. The highest BCUT2D eigenvalue weighted by molar-refractivity contribution is 6.02. The van der Waals surface area contributed by atoms with Crippen LogP contribution in [0.4, 0.5) is 18.9 Å². The van der Waals surface area contributed by atoms with E-state index in [0.717, 1.165) is 22.9 Å². The van der Waals surface area contributed by atoms with E-state index in [4.69, 9.17) is 4.74 Å². The number of hydrogen-bond donors (Lipinski definition) is 2. The van der Waals surface area contributed by atoms with Crippen molar-refractivity contribution in [2.75, 3.05) is 19.7 Å². The zero-order valence-corrected chi connectivity index (χ0v) is 23.9. The first-order valence-electron chi connectivity index (χ1n) is 13.8. The molecule has 2 N–H and O–H groups in total. The number of carbonyl (C=O) groups is 3. The van der Waals surface area contributed by atoms with E-state index >= 15 is 0 Å². The molecular formula is C32H34F3N2O5+. The number of quaternary nitrogens is 1. The maximum atomic E-state index is 14.6. The van der Waals surface area contributed by atoms with Gasteiger partial charge in [-0.3, -0.25) is 10.1 Å². The normalized spacial score (nSPS) is 26.6. The first-order valence-corrected chi connectivity index (χ1v) is 13.8. The van der Waals surface area contributed by atoms with Crippen LogP contribution in [-0.2, 0) is 25.3 Å². The number of amides is 1. The van der Waals surface area contributed by atoms with Crippen molar-refractivity contribution in [3.05, 3.63) is 77.4 Å². The summed E-state index contributed by atoms with van der Waals surface area (Å²) in [6.07, 6.45) is -5.69. The minimum Gasteiger partial charge on any atom is -0.475 e. The Bertz CT molecular complexity index is 1580. The lowest BCUT2D eigenvalue weighted by atomic mass is 9.81. The second-order valence-corrected chi connectivity index (χ2v) is 12.4. The fourth-order valence-electron chi connectivity index (χ4n) is 6.94. The second-order valence-electron chi connectivity index (χ2n) is 12.4. The van der Waals surface area contributed by atoms with E-state index in [2.05, 4.69) is 5.32 Å². The van der Waals surface area contributed by atoms with E-state index in [1.165, 1.54) is 13.0 Å². The first-order chi connectivity index (χ1) is 19.6. The van der Waals surface area contributed by atoms with Gasteiger partial charge in [-0.15, -0.1) is 0 Å². The molecule has 0 aromatic heterocycles. The molecule has 1 unspecified atom stereocenters. The molecule has 2 heterocycles. The van der Waals surface area contributed by atoms with Gasteiger partial charge in [0, 0.05) is 23.6 Å². The maximum Gasteiger partial charge on any atom is 0.416 e. The van der Waals surface area contributed by atoms with E-state index in [1.54, 1.807) is 18.2 Å². The third-order valence-electron chi connectivity index (χ3n) is 8.42. The highest BCUT2D eigenvalue weighted by atomic mass is 19.4. The number of fused-ring (bicyclic) bond motifs is 2. The smallest absolute Gasteiger partial charge is 0.416 e. The van der Waals surface area contributed by atoms with Gasteiger partial charge in [-0.2, -0.15) is 17.7 Å². The molecule has 2 aliphatic heterocycles. The van der Waals surface area contributed by atoms with Gasteiger partial charge >= 0.3 is 18.1 Å². The SMILES string of the molecule is CC(=O)[C@H]1CCN[C@]1(C(=O)O)[N@+]1(CC(C)(C)C)C(=O)COC(c2cccc3ccccc23)c2cc(C(F)(F)F)ccc21. The van der Waals surface area contributed by atoms with E-state index in [-0.39, 0.29) is 30.8 Å². The standard InChI is InChI=1S/C32H33F3N2O5/c1-19(38)25-14-15-36-31(25,29(40)41)37(18-30(2,3)4)26-13-12-21(32(33,34)35)16-24(26)28(42-17-27(37)39)23-11-7-9-20-8-5-6-10-22(20)23/h5-13,16,25,28,36H,14-15,17-18H2,1-4H3/p+1/t25-,28?,31+,37+/m1/s1. The van der Waals surface area contributed by atoms with Crippen molar-refractivity contribution in [1.29, 1.82) is 0 Å². The second kappa shape index (κ2) is 10.3. The molecular weight excluding hydrogens is 549 g/mol. The Kier molecular flexibility index (Phi) is 7.32. The highest BCUT2D eigenvalue weighted by Crippen LogP contribution is 2.51. The minimum absolute atomic E-state index is 0.0351. The predicted octanol–water partition coefficient (Wildman–Crippen LogP) is 5.84. The van der Waals surface area contributed by atoms with Crippen LogP contribution in [0.1, 0.15) is 56.9 Å². The van der Waals surface area contributed by atoms with Gasteiger partial charge in [0.1, 0.15) is 23.5 Å². The fraction of sp³-hybridized carbons (Fsp3) is 0.406. The predicted molar refractivity (Wildman–Crippen MR) is 151 cm³/mol. The lowest BCUT2D eigenvalue weighted by Gasteiger charge is -2.50. The van der Waals surface area contributed by atoms with Crippen LogP contribution in [0, 0.1) is 11.3 Å². The minimum atomic E-state index is -4.72. The van der Waals surface area contributed by atoms with Crippen molar-refractivity contribution in [2.24, 2.45) is 11.3 Å². The third kappa shape index (κ3) is 4.62. The van der Waals surface area contributed by atoms with Crippen LogP contribution in [0.15, 0.2) is 60.7 Å². The number of aliphatic carboxylic acids is 1. The van der Waals surface area contributed by atoms with Gasteiger partial charge in [-0.1, -0.05) is 63.2 Å². The fourth-order valence-corrected chi connectivity index (χ4v) is 6.94. The summed E-state index contributed by atoms with van der Waals surface area (Å²) >= 11 is 0. The zero-order valence-electron chi connectivity index (χ0n) is 23.9. The number of alkyl halides is 3. The van der Waals surface area contributed by atoms with Crippen LogP contribution >= 0.6 is 0 Å². The molecule has 0 aliphatic carbocycles. The number of ketones is 1. The van der Waals surface area contributed by atoms with Crippen LogP contribution in [0.3, 0.4) is 0 Å². The van der Waals surface area contributed by atoms with Crippen LogP contribution in [-0.4, -0.2) is 48.1 Å². The van der Waals surface area contributed by atoms with Crippen molar-refractivity contribution in [1.82, 2.24) is 9.80 Å². The molecule has 7 nitrogen and oxygen atoms in total. The Hall–Kier alpha value is -3.60. The molecule has 2 aliphatic rings. The summed E-state index contributed by atoms with van der Waals surface area (Å²) in [5, 5.41) is 15.5. The first kappa shape index (κ1) is 29.9. The number of nitrogens with zero attached hydrogens (tertiary/aromatic N) is 1. The number of nitrogens with one attached hydrogen (secondary N) is 1. The quantitative estimate of drug-likeness (QED) is 0.367. The summed E-state index contributed by atoms with van der Waals surface area (Å²) in [6, 6.07) is 15.8. The number of carbonyl (C=O) groups excluding carboxylic acids is 2. The Morgan fingerprint density at radius 2 is 1.74 bits per heavy atom. The number of hydrogen-bond acceptors (Lipinski definition) is 5. The number of halogens is 3. The average molecular weight is 584 g/mol. The zero-order chi connectivity index (χ0) is 30.7. The lowest BCUT2D eigenvalue weighted by Crippen LogP contribution is -2.81. The van der Waals surface area contributed by atoms with E-state index in [0.29, 0.717) is 5.56 Å². The Balaban J connectivity index is 1.93. The topological polar surface area (TPSA) is 92.7 Å². The van der Waals surface area contributed by atoms with Gasteiger partial charge in [0.15, 0.2) is 6.61 Å². The monoisotopic (exact) mass is 583 g/mol. The van der Waals surface area contributed by atoms with Crippen molar-refractivity contribution >= 4 is 34.1 Å². The molecule has 1 fully saturated rings. The van der Waals surface area contributed by atoms with Gasteiger partial charge in [-0.05, 0) is 41.8 Å². The van der Waals surface area contributed by atoms with Crippen molar-refractivity contribution in [2.45, 2.75) is 52.1 Å². The maximum absolute atomic E-state index is 14.6. The molecule has 1 amide bonds. The molecule has 0 saturated carbocycles. The van der Waals surface area contributed by atoms with Crippen molar-refractivity contribution < 1.29 is 37.4 Å². The van der Waals surface area contributed by atoms with Crippen molar-refractivity contribution in [3.63, 3.8) is 0 Å². The van der Waals surface area contributed by atoms with Crippen LogP contribution in [0.25, 0.3) is 10.8 Å². The molecule has 3 aromatic carbocycles. The highest BCUT2D eigenvalue weighted by Gasteiger charge is 2.71. The Labute approximate surface area is 241 Å². The van der Waals surface area contributed by atoms with Crippen LogP contribution in [0.5, 0.6) is 0 Å². The van der Waals surface area contributed by atoms with Crippen molar-refractivity contribution in [3.8, 4) is 0 Å². The molecule has 0 spiro atoms. The molecule has 0 radical (unpaired) electrons. The van der Waals surface area contributed by atoms with Gasteiger partial charge < -0.3 is 9.84 Å². The number of carboxylic acids is 1. The van der Waals surface area contributed by atoms with Gasteiger partial charge in [0.2, 0.25) is 0 Å². The van der Waals surface area contributed by atoms with Gasteiger partial charge in [0.25, 0.3) is 5.66 Å². The van der Waals surface area contributed by atoms with Gasteiger partial charge in [-0.25, -0.2) is 9.59 Å².